The van der Waals surface area contributed by atoms with Crippen molar-refractivity contribution in [2.75, 3.05) is 26.8 Å². The van der Waals surface area contributed by atoms with Gasteiger partial charge in [-0.05, 0) is 17.0 Å². The molecule has 0 saturated heterocycles. The fourth-order valence-corrected chi connectivity index (χ4v) is 3.44. The number of methoxy groups -OCH3 is 1. The smallest absolute Gasteiger partial charge is 0.257 e. The molecule has 0 radical (unpaired) electrons. The largest absolute Gasteiger partial charge is 0.383 e. The van der Waals surface area contributed by atoms with Crippen molar-refractivity contribution in [1.29, 1.82) is 0 Å². The number of nitrogens with one attached hydrogen (secondary N) is 1. The third-order valence-electron chi connectivity index (χ3n) is 3.92. The summed E-state index contributed by atoms with van der Waals surface area (Å²) in [5.74, 6) is -0.0217. The van der Waals surface area contributed by atoms with Gasteiger partial charge in [-0.1, -0.05) is 36.4 Å². The molecule has 6 heteroatoms. The predicted molar refractivity (Wildman–Crippen MR) is 96.2 cm³/mol. The molecule has 1 unspecified atom stereocenters. The molecule has 1 atom stereocenters. The molecule has 3 rings (SSSR count). The maximum Gasteiger partial charge on any atom is 0.257 e. The Bertz CT molecular complexity index is 686. The van der Waals surface area contributed by atoms with Gasteiger partial charge in [-0.3, -0.25) is 4.79 Å². The number of rotatable bonds is 7. The lowest BCUT2D eigenvalue weighted by molar-refractivity contribution is -0.132. The van der Waals surface area contributed by atoms with E-state index < -0.39 is 0 Å². The molecule has 2 aromatic rings. The average molecular weight is 343 g/mol. The maximum atomic E-state index is 12.6. The second-order valence-corrected chi connectivity index (χ2v) is 6.51. The number of carbonyl (C=O) groups is 1. The number of hydrogen-bond acceptors (Lipinski definition) is 5. The number of carbonyl (C=O) groups excluding carboxylic acids is 1. The van der Waals surface area contributed by atoms with E-state index in [1.54, 1.807) is 23.5 Å². The molecule has 2 heterocycles. The van der Waals surface area contributed by atoms with E-state index in [4.69, 9.17) is 4.74 Å². The van der Waals surface area contributed by atoms with Gasteiger partial charge in [-0.15, -0.1) is 11.3 Å². The molecule has 0 saturated carbocycles. The van der Waals surface area contributed by atoms with Gasteiger partial charge < -0.3 is 10.1 Å². The highest BCUT2D eigenvalue weighted by molar-refractivity contribution is 7.12. The first-order valence-electron chi connectivity index (χ1n) is 7.97. The lowest BCUT2D eigenvalue weighted by Crippen LogP contribution is -2.36. The van der Waals surface area contributed by atoms with Crippen molar-refractivity contribution in [3.63, 3.8) is 0 Å². The molecular weight excluding hydrogens is 322 g/mol. The molecule has 1 aromatic heterocycles. The molecular formula is C18H21N3O2S. The zero-order valence-corrected chi connectivity index (χ0v) is 14.5. The Hall–Kier alpha value is -2.02. The van der Waals surface area contributed by atoms with Crippen molar-refractivity contribution in [3.8, 4) is 0 Å². The summed E-state index contributed by atoms with van der Waals surface area (Å²) in [7, 11) is 1.65. The predicted octanol–water partition coefficient (Wildman–Crippen LogP) is 2.66. The number of thiophene rings is 1. The fourth-order valence-electron chi connectivity index (χ4n) is 2.72. The monoisotopic (exact) mass is 343 g/mol. The minimum absolute atomic E-state index is 0.0217. The van der Waals surface area contributed by atoms with Crippen molar-refractivity contribution in [2.24, 2.45) is 5.10 Å². The summed E-state index contributed by atoms with van der Waals surface area (Å²) < 4.78 is 4.99. The number of ether oxygens (including phenoxy) is 1. The molecule has 1 N–H and O–H groups in total. The standard InChI is InChI=1S/C18H21N3O2S/c1-23-10-9-19-13-18(22)21-16(14-6-3-2-4-7-14)12-15(20-21)17-8-5-11-24-17/h2-8,11,16,19H,9-10,12-13H2,1H3. The topological polar surface area (TPSA) is 53.9 Å². The van der Waals surface area contributed by atoms with Gasteiger partial charge in [0, 0.05) is 20.1 Å². The first kappa shape index (κ1) is 16.8. The van der Waals surface area contributed by atoms with Crippen LogP contribution in [0.25, 0.3) is 0 Å². The molecule has 0 spiro atoms. The van der Waals surface area contributed by atoms with Crippen molar-refractivity contribution < 1.29 is 9.53 Å². The van der Waals surface area contributed by atoms with Gasteiger partial charge >= 0.3 is 0 Å². The summed E-state index contributed by atoms with van der Waals surface area (Å²) >= 11 is 1.65. The van der Waals surface area contributed by atoms with Gasteiger partial charge in [-0.25, -0.2) is 5.01 Å². The second kappa shape index (κ2) is 8.19. The van der Waals surface area contributed by atoms with Gasteiger partial charge in [0.05, 0.1) is 29.8 Å². The summed E-state index contributed by atoms with van der Waals surface area (Å²) in [6.45, 7) is 1.49. The first-order chi connectivity index (χ1) is 11.8. The quantitative estimate of drug-likeness (QED) is 0.787. The number of hydrazone groups is 1. The van der Waals surface area contributed by atoms with E-state index in [-0.39, 0.29) is 18.5 Å². The molecule has 1 aromatic carbocycles. The van der Waals surface area contributed by atoms with Crippen molar-refractivity contribution in [2.45, 2.75) is 12.5 Å². The van der Waals surface area contributed by atoms with E-state index >= 15 is 0 Å². The van der Waals surface area contributed by atoms with Crippen LogP contribution in [0.2, 0.25) is 0 Å². The third-order valence-corrected chi connectivity index (χ3v) is 4.83. The first-order valence-corrected chi connectivity index (χ1v) is 8.85. The molecule has 1 aliphatic rings. The maximum absolute atomic E-state index is 12.6. The minimum atomic E-state index is -0.0416. The van der Waals surface area contributed by atoms with Gasteiger partial charge in [0.25, 0.3) is 5.91 Å². The summed E-state index contributed by atoms with van der Waals surface area (Å²) in [5, 5.41) is 11.4. The van der Waals surface area contributed by atoms with Gasteiger partial charge in [0.2, 0.25) is 0 Å². The lowest BCUT2D eigenvalue weighted by atomic mass is 10.0. The molecule has 0 fully saturated rings. The SMILES string of the molecule is COCCNCC(=O)N1N=C(c2cccs2)CC1c1ccccc1. The van der Waals surface area contributed by atoms with Crippen molar-refractivity contribution in [1.82, 2.24) is 10.3 Å². The number of benzene rings is 1. The van der Waals surface area contributed by atoms with Crippen LogP contribution in [0, 0.1) is 0 Å². The van der Waals surface area contributed by atoms with Crippen LogP contribution in [0.5, 0.6) is 0 Å². The molecule has 0 aliphatic carbocycles. The molecule has 0 bridgehead atoms. The van der Waals surface area contributed by atoms with Crippen LogP contribution >= 0.6 is 11.3 Å². The Balaban J connectivity index is 1.76. The molecule has 1 aliphatic heterocycles. The van der Waals surface area contributed by atoms with Crippen LogP contribution in [0.1, 0.15) is 22.9 Å². The van der Waals surface area contributed by atoms with Crippen molar-refractivity contribution in [3.05, 3.63) is 58.3 Å². The van der Waals surface area contributed by atoms with Gasteiger partial charge in [0.15, 0.2) is 0 Å². The Morgan fingerprint density at radius 2 is 2.17 bits per heavy atom. The minimum Gasteiger partial charge on any atom is -0.383 e. The van der Waals surface area contributed by atoms with Crippen molar-refractivity contribution >= 4 is 23.0 Å². The van der Waals surface area contributed by atoms with E-state index in [0.717, 1.165) is 22.6 Å². The van der Waals surface area contributed by atoms with Crippen LogP contribution in [-0.4, -0.2) is 43.4 Å². The third kappa shape index (κ3) is 3.90. The van der Waals surface area contributed by atoms with E-state index in [1.807, 2.05) is 29.6 Å². The van der Waals surface area contributed by atoms with E-state index in [1.165, 1.54) is 0 Å². The average Bonchev–Trinajstić information content (AvgIpc) is 3.28. The molecule has 126 valence electrons. The Morgan fingerprint density at radius 3 is 2.88 bits per heavy atom. The van der Waals surface area contributed by atoms with Crippen LogP contribution in [0.3, 0.4) is 0 Å². The molecule has 1 amide bonds. The summed E-state index contributed by atoms with van der Waals surface area (Å²) in [5.41, 5.74) is 2.09. The molecule has 5 nitrogen and oxygen atoms in total. The van der Waals surface area contributed by atoms with E-state index in [0.29, 0.717) is 13.2 Å². The zero-order chi connectivity index (χ0) is 16.8. The summed E-state index contributed by atoms with van der Waals surface area (Å²) in [6, 6.07) is 14.1. The van der Waals surface area contributed by atoms with Crippen LogP contribution in [0.4, 0.5) is 0 Å². The zero-order valence-electron chi connectivity index (χ0n) is 13.6. The second-order valence-electron chi connectivity index (χ2n) is 5.56. The molecule has 24 heavy (non-hydrogen) atoms. The Morgan fingerprint density at radius 1 is 1.33 bits per heavy atom. The number of hydrogen-bond donors (Lipinski definition) is 1. The number of amides is 1. The van der Waals surface area contributed by atoms with E-state index in [2.05, 4.69) is 28.6 Å². The van der Waals surface area contributed by atoms with Gasteiger partial charge in [-0.2, -0.15) is 5.10 Å². The Kier molecular flexibility index (Phi) is 5.74. The summed E-state index contributed by atoms with van der Waals surface area (Å²) in [6.07, 6.45) is 0.744. The highest BCUT2D eigenvalue weighted by atomic mass is 32.1. The Labute approximate surface area is 145 Å². The fraction of sp³-hybridized carbons (Fsp3) is 0.333. The summed E-state index contributed by atoms with van der Waals surface area (Å²) in [4.78, 5) is 13.7. The normalized spacial score (nSPS) is 17.1. The lowest BCUT2D eigenvalue weighted by Gasteiger charge is -2.22. The highest BCUT2D eigenvalue weighted by Gasteiger charge is 2.32. The highest BCUT2D eigenvalue weighted by Crippen LogP contribution is 2.33. The van der Waals surface area contributed by atoms with Crippen LogP contribution in [0.15, 0.2) is 52.9 Å². The van der Waals surface area contributed by atoms with Gasteiger partial charge in [0.1, 0.15) is 0 Å². The van der Waals surface area contributed by atoms with Crippen LogP contribution < -0.4 is 5.32 Å². The van der Waals surface area contributed by atoms with E-state index in [9.17, 15) is 4.79 Å². The number of nitrogens with zero attached hydrogens (tertiary/aromatic N) is 2. The van der Waals surface area contributed by atoms with Crippen LogP contribution in [-0.2, 0) is 9.53 Å².